The molecule has 0 bridgehead atoms. The van der Waals surface area contributed by atoms with E-state index in [-0.39, 0.29) is 5.75 Å². The Balaban J connectivity index is 1.71. The summed E-state index contributed by atoms with van der Waals surface area (Å²) in [7, 11) is 0. The van der Waals surface area contributed by atoms with Gasteiger partial charge in [-0.3, -0.25) is 0 Å². The zero-order valence-corrected chi connectivity index (χ0v) is 17.9. The van der Waals surface area contributed by atoms with Crippen molar-refractivity contribution in [1.29, 1.82) is 0 Å². The number of aliphatic hydroxyl groups is 5. The molecule has 1 aliphatic rings. The number of aromatic nitrogens is 2. The summed E-state index contributed by atoms with van der Waals surface area (Å²) in [6.45, 7) is 3.74. The molecule has 4 rings (SSSR count). The van der Waals surface area contributed by atoms with E-state index in [1.807, 2.05) is 29.7 Å². The molecular formula is C23H28N2O7. The Hall–Kier alpha value is -2.53. The van der Waals surface area contributed by atoms with Gasteiger partial charge < -0.3 is 39.6 Å². The zero-order chi connectivity index (χ0) is 23.0. The molecule has 2 aromatic carbocycles. The predicted molar refractivity (Wildman–Crippen MR) is 115 cm³/mol. The lowest BCUT2D eigenvalue weighted by Crippen LogP contribution is -2.69. The molecule has 1 unspecified atom stereocenters. The lowest BCUT2D eigenvalue weighted by atomic mass is 9.96. The summed E-state index contributed by atoms with van der Waals surface area (Å²) in [5.74, 6) is -2.51. The van der Waals surface area contributed by atoms with E-state index in [1.165, 1.54) is 5.56 Å². The van der Waals surface area contributed by atoms with Gasteiger partial charge in [-0.05, 0) is 42.2 Å². The third-order valence-corrected chi connectivity index (χ3v) is 5.85. The van der Waals surface area contributed by atoms with Crippen LogP contribution in [0.4, 0.5) is 0 Å². The second-order valence-corrected chi connectivity index (χ2v) is 8.17. The van der Waals surface area contributed by atoms with Crippen LogP contribution in [0, 0.1) is 6.92 Å². The van der Waals surface area contributed by atoms with Gasteiger partial charge in [0.1, 0.15) is 23.5 Å². The number of hydrogen-bond donors (Lipinski definition) is 5. The molecule has 1 saturated heterocycles. The van der Waals surface area contributed by atoms with E-state index in [9.17, 15) is 25.5 Å². The largest absolute Gasteiger partial charge is 0.452 e. The number of benzene rings is 2. The van der Waals surface area contributed by atoms with Crippen molar-refractivity contribution in [1.82, 2.24) is 9.55 Å². The molecule has 1 aromatic heterocycles. The number of ether oxygens (including phenoxy) is 2. The average Bonchev–Trinajstić information content (AvgIpc) is 3.18. The van der Waals surface area contributed by atoms with Crippen LogP contribution >= 0.6 is 0 Å². The van der Waals surface area contributed by atoms with Crippen LogP contribution in [0.1, 0.15) is 23.6 Å². The second-order valence-electron chi connectivity index (χ2n) is 8.17. The van der Waals surface area contributed by atoms with Crippen LogP contribution < -0.4 is 4.74 Å². The van der Waals surface area contributed by atoms with Crippen LogP contribution in [0.25, 0.3) is 11.0 Å². The van der Waals surface area contributed by atoms with Gasteiger partial charge in [-0.1, -0.05) is 31.2 Å². The summed E-state index contributed by atoms with van der Waals surface area (Å²) in [5.41, 5.74) is 4.19. The first-order valence-electron chi connectivity index (χ1n) is 10.5. The van der Waals surface area contributed by atoms with Crippen LogP contribution in [0.3, 0.4) is 0 Å². The van der Waals surface area contributed by atoms with E-state index in [0.29, 0.717) is 17.6 Å². The van der Waals surface area contributed by atoms with E-state index >= 15 is 0 Å². The maximum atomic E-state index is 11.0. The normalized spacial score (nSPS) is 28.2. The van der Waals surface area contributed by atoms with Gasteiger partial charge in [0.2, 0.25) is 6.29 Å². The molecule has 172 valence electrons. The van der Waals surface area contributed by atoms with Crippen LogP contribution in [-0.4, -0.2) is 72.1 Å². The Kier molecular flexibility index (Phi) is 6.22. The van der Waals surface area contributed by atoms with Crippen LogP contribution in [-0.2, 0) is 17.7 Å². The highest BCUT2D eigenvalue weighted by Gasteiger charge is 2.57. The number of nitrogens with zero attached hydrogens (tertiary/aromatic N) is 2. The van der Waals surface area contributed by atoms with Crippen molar-refractivity contribution in [3.8, 4) is 5.75 Å². The minimum Gasteiger partial charge on any atom is -0.452 e. The summed E-state index contributed by atoms with van der Waals surface area (Å²) < 4.78 is 12.6. The molecule has 5 N–H and O–H groups in total. The van der Waals surface area contributed by atoms with E-state index in [2.05, 4.69) is 24.0 Å². The monoisotopic (exact) mass is 444 g/mol. The minimum atomic E-state index is -2.66. The van der Waals surface area contributed by atoms with Crippen molar-refractivity contribution >= 4 is 11.0 Å². The summed E-state index contributed by atoms with van der Waals surface area (Å²) in [4.78, 5) is 4.43. The third kappa shape index (κ3) is 3.99. The molecule has 0 aliphatic carbocycles. The van der Waals surface area contributed by atoms with E-state index in [0.717, 1.165) is 17.5 Å². The number of hydrogen-bond acceptors (Lipinski definition) is 8. The van der Waals surface area contributed by atoms with Gasteiger partial charge in [0.05, 0.1) is 18.5 Å². The molecule has 1 fully saturated rings. The zero-order valence-electron chi connectivity index (χ0n) is 17.9. The summed E-state index contributed by atoms with van der Waals surface area (Å²) in [5, 5.41) is 51.2. The summed E-state index contributed by atoms with van der Waals surface area (Å²) in [6, 6.07) is 11.7. The molecule has 3 aromatic rings. The minimum absolute atomic E-state index is 0.154. The highest BCUT2D eigenvalue weighted by Crippen LogP contribution is 2.35. The fraction of sp³-hybridized carbons (Fsp3) is 0.435. The number of rotatable bonds is 6. The lowest BCUT2D eigenvalue weighted by Gasteiger charge is -2.45. The smallest absolute Gasteiger partial charge is 0.288 e. The maximum Gasteiger partial charge on any atom is 0.288 e. The van der Waals surface area contributed by atoms with Crippen LogP contribution in [0.15, 0.2) is 42.7 Å². The quantitative estimate of drug-likeness (QED) is 0.346. The number of fused-ring (bicyclic) bond motifs is 1. The van der Waals surface area contributed by atoms with Gasteiger partial charge in [0.25, 0.3) is 5.79 Å². The van der Waals surface area contributed by atoms with Gasteiger partial charge in [0.15, 0.2) is 6.10 Å². The summed E-state index contributed by atoms with van der Waals surface area (Å²) >= 11 is 0. The topological polar surface area (TPSA) is 137 Å². The maximum absolute atomic E-state index is 11.0. The highest BCUT2D eigenvalue weighted by atomic mass is 16.7. The molecule has 5 atom stereocenters. The first-order valence-corrected chi connectivity index (χ1v) is 10.5. The fourth-order valence-electron chi connectivity index (χ4n) is 3.95. The average molecular weight is 444 g/mol. The van der Waals surface area contributed by atoms with Crippen LogP contribution in [0.2, 0.25) is 0 Å². The van der Waals surface area contributed by atoms with Crippen molar-refractivity contribution in [3.63, 3.8) is 0 Å². The van der Waals surface area contributed by atoms with E-state index in [4.69, 9.17) is 9.47 Å². The Morgan fingerprint density at radius 3 is 2.47 bits per heavy atom. The molecule has 0 spiro atoms. The Morgan fingerprint density at radius 2 is 1.81 bits per heavy atom. The number of aryl methyl sites for hydroxylation is 2. The second kappa shape index (κ2) is 8.78. The SMILES string of the molecule is CCc1ccc(Cn2cnc3cc(C)cc(O[C@]4(O)C(O)O[C@H](CO)[C@@H](O)[C@@H]4O)c32)cc1. The van der Waals surface area contributed by atoms with Crippen molar-refractivity contribution in [2.75, 3.05) is 6.61 Å². The van der Waals surface area contributed by atoms with Gasteiger partial charge >= 0.3 is 0 Å². The first-order chi connectivity index (χ1) is 15.3. The Labute approximate surface area is 185 Å². The standard InChI is InChI=1S/C23H28N2O7/c1-3-14-4-6-15(7-5-14)10-25-12-24-16-8-13(2)9-17(19(16)25)32-23(30)21(28)20(27)18(11-26)31-22(23)29/h4-9,12,18,20-22,26-30H,3,10-11H2,1-2H3/t18-,20-,21+,22?,23+/m1/s1. The molecule has 9 nitrogen and oxygen atoms in total. The molecule has 0 radical (unpaired) electrons. The molecular weight excluding hydrogens is 416 g/mol. The van der Waals surface area contributed by atoms with Crippen molar-refractivity contribution in [3.05, 3.63) is 59.4 Å². The van der Waals surface area contributed by atoms with Crippen LogP contribution in [0.5, 0.6) is 5.75 Å². The molecule has 0 amide bonds. The highest BCUT2D eigenvalue weighted by molar-refractivity contribution is 5.83. The number of aliphatic hydroxyl groups excluding tert-OH is 4. The predicted octanol–water partition coefficient (Wildman–Crippen LogP) is 0.454. The van der Waals surface area contributed by atoms with E-state index < -0.39 is 37.0 Å². The summed E-state index contributed by atoms with van der Waals surface area (Å²) in [6.07, 6.45) is -4.28. The molecule has 2 heterocycles. The first kappa shape index (κ1) is 22.7. The third-order valence-electron chi connectivity index (χ3n) is 5.85. The van der Waals surface area contributed by atoms with Crippen molar-refractivity contribution in [2.24, 2.45) is 0 Å². The van der Waals surface area contributed by atoms with Gasteiger partial charge in [-0.25, -0.2) is 4.98 Å². The lowest BCUT2D eigenvalue weighted by molar-refractivity contribution is -0.385. The van der Waals surface area contributed by atoms with Crippen molar-refractivity contribution in [2.45, 2.75) is 57.2 Å². The van der Waals surface area contributed by atoms with Gasteiger partial charge in [-0.2, -0.15) is 0 Å². The Bertz CT molecular complexity index is 1080. The molecule has 9 heteroatoms. The van der Waals surface area contributed by atoms with E-state index in [1.54, 1.807) is 12.4 Å². The Morgan fingerprint density at radius 1 is 1.12 bits per heavy atom. The van der Waals surface area contributed by atoms with Gasteiger partial charge in [-0.15, -0.1) is 0 Å². The fourth-order valence-corrected chi connectivity index (χ4v) is 3.95. The molecule has 1 aliphatic heterocycles. The molecule has 32 heavy (non-hydrogen) atoms. The van der Waals surface area contributed by atoms with Crippen molar-refractivity contribution < 1.29 is 35.0 Å². The van der Waals surface area contributed by atoms with Gasteiger partial charge in [0, 0.05) is 6.54 Å². The molecule has 0 saturated carbocycles. The number of imidazole rings is 1.